The highest BCUT2D eigenvalue weighted by molar-refractivity contribution is 4.64. The maximum absolute atomic E-state index is 2.36. The van der Waals surface area contributed by atoms with E-state index >= 15 is 0 Å². The largest absolute Gasteiger partial charge is 0.304 e. The standard InChI is InChI=1S/C6H14N2.C2H6/c1-7-3-5-8(2)6-4-7;1-2/h3-6H2,1-2H3;1-2H3. The summed E-state index contributed by atoms with van der Waals surface area (Å²) in [6.07, 6.45) is 0. The summed E-state index contributed by atoms with van der Waals surface area (Å²) < 4.78 is 0. The van der Waals surface area contributed by atoms with Crippen molar-refractivity contribution in [3.63, 3.8) is 0 Å². The molecule has 0 amide bonds. The lowest BCUT2D eigenvalue weighted by molar-refractivity contribution is 0.181. The summed E-state index contributed by atoms with van der Waals surface area (Å²) in [7, 11) is 4.35. The fourth-order valence-electron chi connectivity index (χ4n) is 0.906. The summed E-state index contributed by atoms with van der Waals surface area (Å²) in [4.78, 5) is 4.72. The molecule has 0 saturated carbocycles. The minimum atomic E-state index is 1.23. The van der Waals surface area contributed by atoms with E-state index in [1.165, 1.54) is 26.2 Å². The summed E-state index contributed by atoms with van der Waals surface area (Å²) >= 11 is 0. The van der Waals surface area contributed by atoms with E-state index in [4.69, 9.17) is 0 Å². The van der Waals surface area contributed by atoms with Crippen molar-refractivity contribution in [1.29, 1.82) is 0 Å². The molecule has 1 rings (SSSR count). The van der Waals surface area contributed by atoms with Gasteiger partial charge in [0.05, 0.1) is 0 Å². The third-order valence-electron chi connectivity index (χ3n) is 1.73. The van der Waals surface area contributed by atoms with Gasteiger partial charge in [-0.25, -0.2) is 0 Å². The van der Waals surface area contributed by atoms with Crippen LogP contribution in [0, 0.1) is 0 Å². The van der Waals surface area contributed by atoms with Crippen LogP contribution in [0.2, 0.25) is 0 Å². The lowest BCUT2D eigenvalue weighted by Crippen LogP contribution is -2.42. The van der Waals surface area contributed by atoms with E-state index in [1.54, 1.807) is 0 Å². The topological polar surface area (TPSA) is 6.48 Å². The van der Waals surface area contributed by atoms with Crippen LogP contribution in [0.5, 0.6) is 0 Å². The molecule has 2 heteroatoms. The maximum Gasteiger partial charge on any atom is 0.0107 e. The molecule has 0 radical (unpaired) electrons. The van der Waals surface area contributed by atoms with Crippen LogP contribution < -0.4 is 0 Å². The SMILES string of the molecule is CC.CN1CCN(C)CC1. The van der Waals surface area contributed by atoms with Crippen LogP contribution in [-0.2, 0) is 0 Å². The zero-order valence-electron chi connectivity index (χ0n) is 7.72. The highest BCUT2D eigenvalue weighted by Crippen LogP contribution is 1.93. The molecule has 0 N–H and O–H groups in total. The van der Waals surface area contributed by atoms with E-state index in [-0.39, 0.29) is 0 Å². The van der Waals surface area contributed by atoms with Crippen molar-refractivity contribution in [3.05, 3.63) is 0 Å². The van der Waals surface area contributed by atoms with Gasteiger partial charge in [0.15, 0.2) is 0 Å². The van der Waals surface area contributed by atoms with Gasteiger partial charge in [-0.15, -0.1) is 0 Å². The Morgan fingerprint density at radius 1 is 0.700 bits per heavy atom. The minimum Gasteiger partial charge on any atom is -0.304 e. The van der Waals surface area contributed by atoms with Crippen LogP contribution in [0.25, 0.3) is 0 Å². The van der Waals surface area contributed by atoms with Crippen LogP contribution in [0.4, 0.5) is 0 Å². The molecule has 0 aromatic rings. The molecule has 1 aliphatic rings. The molecule has 10 heavy (non-hydrogen) atoms. The molecule has 0 aromatic heterocycles. The third-order valence-corrected chi connectivity index (χ3v) is 1.73. The molecule has 0 unspecified atom stereocenters. The second-order valence-electron chi connectivity index (χ2n) is 2.61. The van der Waals surface area contributed by atoms with E-state index in [2.05, 4.69) is 23.9 Å². The highest BCUT2D eigenvalue weighted by Gasteiger charge is 2.07. The zero-order valence-corrected chi connectivity index (χ0v) is 7.72. The van der Waals surface area contributed by atoms with E-state index in [0.29, 0.717) is 0 Å². The predicted octanol–water partition coefficient (Wildman–Crippen LogP) is 0.890. The molecular weight excluding hydrogens is 124 g/mol. The molecule has 0 aliphatic carbocycles. The van der Waals surface area contributed by atoms with Gasteiger partial charge in [0.1, 0.15) is 0 Å². The monoisotopic (exact) mass is 144 g/mol. The van der Waals surface area contributed by atoms with Crippen LogP contribution in [0.15, 0.2) is 0 Å². The minimum absolute atomic E-state index is 1.23. The quantitative estimate of drug-likeness (QED) is 0.498. The van der Waals surface area contributed by atoms with Crippen LogP contribution in [-0.4, -0.2) is 50.1 Å². The van der Waals surface area contributed by atoms with E-state index in [9.17, 15) is 0 Å². The van der Waals surface area contributed by atoms with E-state index in [0.717, 1.165) is 0 Å². The van der Waals surface area contributed by atoms with Crippen molar-refractivity contribution in [2.75, 3.05) is 40.3 Å². The van der Waals surface area contributed by atoms with Gasteiger partial charge < -0.3 is 9.80 Å². The average Bonchev–Trinajstić information content (AvgIpc) is 2.00. The average molecular weight is 144 g/mol. The molecule has 0 spiro atoms. The van der Waals surface area contributed by atoms with Crippen molar-refractivity contribution < 1.29 is 0 Å². The van der Waals surface area contributed by atoms with E-state index in [1.807, 2.05) is 13.8 Å². The lowest BCUT2D eigenvalue weighted by Gasteiger charge is -2.28. The van der Waals surface area contributed by atoms with Gasteiger partial charge in [0, 0.05) is 26.2 Å². The smallest absolute Gasteiger partial charge is 0.0107 e. The fraction of sp³-hybridized carbons (Fsp3) is 1.00. The Labute approximate surface area is 64.8 Å². The Kier molecular flexibility index (Phi) is 5.64. The number of piperazine rings is 1. The Hall–Kier alpha value is -0.0800. The Balaban J connectivity index is 0.000000371. The molecule has 2 nitrogen and oxygen atoms in total. The van der Waals surface area contributed by atoms with Crippen molar-refractivity contribution in [3.8, 4) is 0 Å². The second kappa shape index (κ2) is 5.69. The number of hydrogen-bond donors (Lipinski definition) is 0. The molecule has 1 saturated heterocycles. The molecule has 1 heterocycles. The third kappa shape index (κ3) is 3.85. The predicted molar refractivity (Wildman–Crippen MR) is 46.3 cm³/mol. The van der Waals surface area contributed by atoms with Gasteiger partial charge in [-0.3, -0.25) is 0 Å². The van der Waals surface area contributed by atoms with Crippen LogP contribution in [0.3, 0.4) is 0 Å². The van der Waals surface area contributed by atoms with Crippen molar-refractivity contribution in [2.24, 2.45) is 0 Å². The number of hydrogen-bond acceptors (Lipinski definition) is 2. The normalized spacial score (nSPS) is 21.6. The molecule has 1 aliphatic heterocycles. The van der Waals surface area contributed by atoms with Crippen LogP contribution in [0.1, 0.15) is 13.8 Å². The lowest BCUT2D eigenvalue weighted by atomic mass is 10.4. The molecule has 0 atom stereocenters. The molecule has 0 bridgehead atoms. The van der Waals surface area contributed by atoms with Gasteiger partial charge in [-0.1, -0.05) is 13.8 Å². The fourth-order valence-corrected chi connectivity index (χ4v) is 0.906. The second-order valence-corrected chi connectivity index (χ2v) is 2.61. The van der Waals surface area contributed by atoms with Gasteiger partial charge in [-0.2, -0.15) is 0 Å². The van der Waals surface area contributed by atoms with Crippen molar-refractivity contribution >= 4 is 0 Å². The number of rotatable bonds is 0. The molecule has 1 fully saturated rings. The highest BCUT2D eigenvalue weighted by atomic mass is 15.2. The van der Waals surface area contributed by atoms with Crippen molar-refractivity contribution in [1.82, 2.24) is 9.80 Å². The first-order valence-electron chi connectivity index (χ1n) is 4.16. The van der Waals surface area contributed by atoms with Crippen molar-refractivity contribution in [2.45, 2.75) is 13.8 Å². The van der Waals surface area contributed by atoms with Gasteiger partial charge in [0.25, 0.3) is 0 Å². The van der Waals surface area contributed by atoms with Gasteiger partial charge in [-0.05, 0) is 14.1 Å². The summed E-state index contributed by atoms with van der Waals surface area (Å²) in [5.74, 6) is 0. The summed E-state index contributed by atoms with van der Waals surface area (Å²) in [5, 5.41) is 0. The van der Waals surface area contributed by atoms with Gasteiger partial charge >= 0.3 is 0 Å². The Morgan fingerprint density at radius 3 is 1.10 bits per heavy atom. The Morgan fingerprint density at radius 2 is 0.900 bits per heavy atom. The summed E-state index contributed by atoms with van der Waals surface area (Å²) in [6, 6.07) is 0. The molecule has 62 valence electrons. The first-order valence-corrected chi connectivity index (χ1v) is 4.16. The maximum atomic E-state index is 2.36. The first kappa shape index (κ1) is 9.92. The zero-order chi connectivity index (χ0) is 7.98. The Bertz CT molecular complexity index is 55.7. The first-order chi connectivity index (χ1) is 4.79. The summed E-state index contributed by atoms with van der Waals surface area (Å²) in [5.41, 5.74) is 0. The number of likely N-dealkylation sites (N-methyl/N-ethyl adjacent to an activating group) is 2. The molecule has 0 aromatic carbocycles. The summed E-state index contributed by atoms with van der Waals surface area (Å²) in [6.45, 7) is 8.93. The van der Waals surface area contributed by atoms with Gasteiger partial charge in [0.2, 0.25) is 0 Å². The van der Waals surface area contributed by atoms with Crippen LogP contribution >= 0.6 is 0 Å². The number of nitrogens with zero attached hydrogens (tertiary/aromatic N) is 2. The molecular formula is C8H20N2. The van der Waals surface area contributed by atoms with E-state index < -0.39 is 0 Å².